The molecule has 81 heavy (non-hydrogen) atoms. The average molecular weight is 1050 g/mol. The van der Waals surface area contributed by atoms with Crippen LogP contribution in [0.1, 0.15) is 52.7 Å². The third-order valence-corrected chi connectivity index (χ3v) is 16.4. The summed E-state index contributed by atoms with van der Waals surface area (Å²) in [6.45, 7) is 13.5. The topological polar surface area (TPSA) is 45.9 Å². The number of hydrogen-bond acceptors (Lipinski definition) is 5. The summed E-state index contributed by atoms with van der Waals surface area (Å²) < 4.78 is 21.0. The van der Waals surface area contributed by atoms with Gasteiger partial charge in [-0.05, 0) is 116 Å². The highest BCUT2D eigenvalue weighted by atomic mass is 16.3. The van der Waals surface area contributed by atoms with E-state index in [-0.39, 0.29) is 10.8 Å². The predicted octanol–water partition coefficient (Wildman–Crippen LogP) is 22.6. The van der Waals surface area contributed by atoms with Gasteiger partial charge in [-0.3, -0.25) is 0 Å². The average Bonchev–Trinajstić information content (AvgIpc) is 4.31. The van der Waals surface area contributed by atoms with Gasteiger partial charge in [0.05, 0.1) is 22.7 Å². The van der Waals surface area contributed by atoms with E-state index in [4.69, 9.17) is 13.3 Å². The van der Waals surface area contributed by atoms with Crippen molar-refractivity contribution in [1.82, 2.24) is 0 Å². The van der Waals surface area contributed by atoms with Crippen molar-refractivity contribution in [1.29, 1.82) is 0 Å². The van der Waals surface area contributed by atoms with Gasteiger partial charge in [0, 0.05) is 65.9 Å². The molecular formula is C76H58N2O3. The molecule has 0 amide bonds. The first kappa shape index (κ1) is 48.3. The number of hydrogen-bond donors (Lipinski definition) is 0. The molecule has 3 heterocycles. The molecule has 0 saturated heterocycles. The lowest BCUT2D eigenvalue weighted by molar-refractivity contribution is 0.572. The minimum Gasteiger partial charge on any atom is -0.456 e. The SMILES string of the molecule is CC(C)(C)c1cccc2c1oc1c(N(c3ccc4cc5oc6cc7ccc(N(c8ccccc8-c8ccccc8)c8cccc9c8oc8c(C(C)(C)C)cccc89)cc7cc6c5cc4c3)c3ccccc3-c3ccccc3)cccc12. The fourth-order valence-corrected chi connectivity index (χ4v) is 12.5. The molecule has 5 nitrogen and oxygen atoms in total. The van der Waals surface area contributed by atoms with E-state index in [9.17, 15) is 0 Å². The van der Waals surface area contributed by atoms with Crippen molar-refractivity contribution in [3.05, 3.63) is 254 Å². The summed E-state index contributed by atoms with van der Waals surface area (Å²) in [5.41, 5.74) is 18.0. The van der Waals surface area contributed by atoms with Gasteiger partial charge in [0.2, 0.25) is 0 Å². The van der Waals surface area contributed by atoms with Crippen LogP contribution in [-0.4, -0.2) is 0 Å². The standard InChI is InChI=1S/C76H58N2O3/c1-75(2,3)63-31-17-27-57-59-29-19-35-67(73(59)80-71(57)63)77(65-33-15-13-25-55(65)47-21-9-7-10-22-47)53-39-37-49-45-69-61(43-51(49)41-53)62-44-52-42-54(40-38-50(52)46-70(62)79-69)78(66-34-16-14-26-56(66)48-23-11-8-12-24-48)68-36-20-30-60-58-28-18-32-64(76(4,5)6)72(58)81-74(60)68/h7-46H,1-6H3. The molecule has 390 valence electrons. The van der Waals surface area contributed by atoms with Gasteiger partial charge in [-0.1, -0.05) is 211 Å². The summed E-state index contributed by atoms with van der Waals surface area (Å²) in [5.74, 6) is 0. The fraction of sp³-hybridized carbons (Fsp3) is 0.105. The number of nitrogens with zero attached hydrogens (tertiary/aromatic N) is 2. The molecule has 0 unspecified atom stereocenters. The fourth-order valence-electron chi connectivity index (χ4n) is 12.5. The highest BCUT2D eigenvalue weighted by molar-refractivity contribution is 6.16. The van der Waals surface area contributed by atoms with Crippen molar-refractivity contribution in [3.8, 4) is 22.3 Å². The first-order valence-corrected chi connectivity index (χ1v) is 28.1. The van der Waals surface area contributed by atoms with Crippen LogP contribution in [0.2, 0.25) is 0 Å². The number of fused-ring (bicyclic) bond motifs is 11. The number of anilines is 6. The van der Waals surface area contributed by atoms with Crippen LogP contribution in [0.4, 0.5) is 34.1 Å². The number of benzene rings is 12. The Morgan fingerprint density at radius 2 is 0.642 bits per heavy atom. The van der Waals surface area contributed by atoms with E-state index >= 15 is 0 Å². The van der Waals surface area contributed by atoms with Gasteiger partial charge in [-0.2, -0.15) is 0 Å². The zero-order chi connectivity index (χ0) is 54.7. The molecular weight excluding hydrogens is 989 g/mol. The molecule has 3 aromatic heterocycles. The zero-order valence-corrected chi connectivity index (χ0v) is 46.2. The maximum atomic E-state index is 7.11. The van der Waals surface area contributed by atoms with E-state index in [0.717, 1.165) is 144 Å². The van der Waals surface area contributed by atoms with Crippen LogP contribution < -0.4 is 9.80 Å². The van der Waals surface area contributed by atoms with Crippen LogP contribution >= 0.6 is 0 Å². The summed E-state index contributed by atoms with van der Waals surface area (Å²) in [5, 5.41) is 10.9. The van der Waals surface area contributed by atoms with Crippen LogP contribution in [0.25, 0.3) is 110 Å². The first-order chi connectivity index (χ1) is 39.4. The maximum absolute atomic E-state index is 7.11. The van der Waals surface area contributed by atoms with Gasteiger partial charge in [0.15, 0.2) is 11.2 Å². The molecule has 12 aromatic carbocycles. The van der Waals surface area contributed by atoms with Gasteiger partial charge >= 0.3 is 0 Å². The smallest absolute Gasteiger partial charge is 0.159 e. The van der Waals surface area contributed by atoms with E-state index in [2.05, 4.69) is 294 Å². The molecule has 0 aliphatic heterocycles. The van der Waals surface area contributed by atoms with Gasteiger partial charge in [0.1, 0.15) is 22.3 Å². The van der Waals surface area contributed by atoms with Gasteiger partial charge in [-0.25, -0.2) is 0 Å². The van der Waals surface area contributed by atoms with Crippen molar-refractivity contribution < 1.29 is 13.3 Å². The normalized spacial score (nSPS) is 12.3. The van der Waals surface area contributed by atoms with E-state index in [1.54, 1.807) is 0 Å². The van der Waals surface area contributed by atoms with Gasteiger partial charge < -0.3 is 23.1 Å². The predicted molar refractivity (Wildman–Crippen MR) is 341 cm³/mol. The van der Waals surface area contributed by atoms with E-state index in [1.807, 2.05) is 0 Å². The number of furan rings is 3. The van der Waals surface area contributed by atoms with Crippen LogP contribution in [0, 0.1) is 0 Å². The Morgan fingerprint density at radius 1 is 0.272 bits per heavy atom. The first-order valence-electron chi connectivity index (χ1n) is 28.1. The lowest BCUT2D eigenvalue weighted by atomic mass is 9.86. The van der Waals surface area contributed by atoms with E-state index in [1.165, 1.54) is 11.1 Å². The summed E-state index contributed by atoms with van der Waals surface area (Å²) in [6, 6.07) is 87.5. The molecule has 15 aromatic rings. The second kappa shape index (κ2) is 18.4. The molecule has 0 aliphatic carbocycles. The Hall–Kier alpha value is -9.84. The summed E-state index contributed by atoms with van der Waals surface area (Å²) in [4.78, 5) is 4.76. The van der Waals surface area contributed by atoms with Crippen molar-refractivity contribution in [2.75, 3.05) is 9.80 Å². The van der Waals surface area contributed by atoms with E-state index in [0.29, 0.717) is 0 Å². The van der Waals surface area contributed by atoms with Crippen LogP contribution in [-0.2, 0) is 10.8 Å². The van der Waals surface area contributed by atoms with E-state index < -0.39 is 0 Å². The quantitative estimate of drug-likeness (QED) is 0.152. The lowest BCUT2D eigenvalue weighted by Crippen LogP contribution is -2.11. The summed E-state index contributed by atoms with van der Waals surface area (Å²) >= 11 is 0. The molecule has 0 N–H and O–H groups in total. The number of para-hydroxylation sites is 6. The zero-order valence-electron chi connectivity index (χ0n) is 46.2. The second-order valence-electron chi connectivity index (χ2n) is 23.7. The Balaban J connectivity index is 0.915. The molecule has 0 aliphatic rings. The van der Waals surface area contributed by atoms with Gasteiger partial charge in [-0.15, -0.1) is 0 Å². The van der Waals surface area contributed by atoms with Crippen molar-refractivity contribution in [2.24, 2.45) is 0 Å². The van der Waals surface area contributed by atoms with Crippen LogP contribution in [0.15, 0.2) is 256 Å². The Bertz CT molecular complexity index is 4660. The molecule has 15 rings (SSSR count). The van der Waals surface area contributed by atoms with Crippen molar-refractivity contribution in [2.45, 2.75) is 52.4 Å². The Labute approximate surface area is 470 Å². The van der Waals surface area contributed by atoms with Crippen molar-refractivity contribution >= 4 is 121 Å². The molecule has 0 bridgehead atoms. The highest BCUT2D eigenvalue weighted by Crippen LogP contribution is 2.50. The third-order valence-electron chi connectivity index (χ3n) is 16.4. The summed E-state index contributed by atoms with van der Waals surface area (Å²) in [7, 11) is 0. The summed E-state index contributed by atoms with van der Waals surface area (Å²) in [6.07, 6.45) is 0. The highest BCUT2D eigenvalue weighted by Gasteiger charge is 2.28. The largest absolute Gasteiger partial charge is 0.456 e. The monoisotopic (exact) mass is 1050 g/mol. The molecule has 0 radical (unpaired) electrons. The minimum absolute atomic E-state index is 0.111. The molecule has 5 heteroatoms. The Morgan fingerprint density at radius 3 is 1.06 bits per heavy atom. The van der Waals surface area contributed by atoms with Crippen LogP contribution in [0.5, 0.6) is 0 Å². The Kier molecular flexibility index (Phi) is 11.0. The second-order valence-corrected chi connectivity index (χ2v) is 23.7. The lowest BCUT2D eigenvalue weighted by Gasteiger charge is -2.28. The maximum Gasteiger partial charge on any atom is 0.159 e. The molecule has 0 atom stereocenters. The van der Waals surface area contributed by atoms with Gasteiger partial charge in [0.25, 0.3) is 0 Å². The van der Waals surface area contributed by atoms with Crippen molar-refractivity contribution in [3.63, 3.8) is 0 Å². The van der Waals surface area contributed by atoms with Crippen LogP contribution in [0.3, 0.4) is 0 Å². The third kappa shape index (κ3) is 7.98. The molecule has 0 fully saturated rings. The molecule has 0 saturated carbocycles. The number of rotatable bonds is 8. The minimum atomic E-state index is -0.111. The molecule has 0 spiro atoms.